The van der Waals surface area contributed by atoms with E-state index in [1.54, 1.807) is 6.07 Å². The monoisotopic (exact) mass is 354 g/mol. The van der Waals surface area contributed by atoms with Crippen molar-refractivity contribution in [3.05, 3.63) is 65.3 Å². The molecule has 1 amide bonds. The molecule has 0 saturated carbocycles. The van der Waals surface area contributed by atoms with Crippen molar-refractivity contribution in [1.82, 2.24) is 9.88 Å². The van der Waals surface area contributed by atoms with Crippen LogP contribution >= 0.6 is 11.6 Å². The number of nitrogens with one attached hydrogen (secondary N) is 1. The second-order valence-corrected chi connectivity index (χ2v) is 6.71. The molecule has 4 nitrogen and oxygen atoms in total. The molecule has 5 heteroatoms. The largest absolute Gasteiger partial charge is 0.480 e. The van der Waals surface area contributed by atoms with E-state index in [9.17, 15) is 4.79 Å². The minimum Gasteiger partial charge on any atom is -0.480 e. The van der Waals surface area contributed by atoms with Crippen LogP contribution in [-0.4, -0.2) is 23.1 Å². The molecule has 2 heterocycles. The molecule has 0 saturated heterocycles. The first-order valence-electron chi connectivity index (χ1n) is 8.47. The third-order valence-electron chi connectivity index (χ3n) is 4.54. The van der Waals surface area contributed by atoms with Gasteiger partial charge in [0.05, 0.1) is 0 Å². The van der Waals surface area contributed by atoms with Crippen LogP contribution in [0.1, 0.15) is 12.0 Å². The van der Waals surface area contributed by atoms with Gasteiger partial charge in [0.25, 0.3) is 5.91 Å². The number of aromatic nitrogens is 1. The number of benzene rings is 2. The second kappa shape index (κ2) is 6.81. The Labute approximate surface area is 151 Å². The summed E-state index contributed by atoms with van der Waals surface area (Å²) >= 11 is 5.98. The van der Waals surface area contributed by atoms with E-state index < -0.39 is 6.10 Å². The molecule has 0 spiro atoms. The maximum atomic E-state index is 12.3. The molecular weight excluding hydrogens is 336 g/mol. The lowest BCUT2D eigenvalue weighted by molar-refractivity contribution is -0.127. The summed E-state index contributed by atoms with van der Waals surface area (Å²) in [6.45, 7) is 1.50. The van der Waals surface area contributed by atoms with Crippen LogP contribution < -0.4 is 10.1 Å². The van der Waals surface area contributed by atoms with E-state index in [0.717, 1.165) is 24.3 Å². The molecule has 1 aliphatic rings. The number of halogens is 1. The molecule has 4 rings (SSSR count). The smallest absolute Gasteiger partial charge is 0.261 e. The van der Waals surface area contributed by atoms with Crippen molar-refractivity contribution in [3.8, 4) is 5.75 Å². The first kappa shape index (κ1) is 16.0. The fourth-order valence-electron chi connectivity index (χ4n) is 3.27. The van der Waals surface area contributed by atoms with Crippen LogP contribution in [0.5, 0.6) is 5.75 Å². The Hall–Kier alpha value is -2.46. The first-order valence-corrected chi connectivity index (χ1v) is 8.85. The van der Waals surface area contributed by atoms with E-state index in [1.165, 1.54) is 10.9 Å². The van der Waals surface area contributed by atoms with Gasteiger partial charge >= 0.3 is 0 Å². The molecule has 1 aliphatic heterocycles. The van der Waals surface area contributed by atoms with Gasteiger partial charge in [0.15, 0.2) is 6.10 Å². The zero-order valence-corrected chi connectivity index (χ0v) is 14.5. The number of rotatable bonds is 5. The van der Waals surface area contributed by atoms with E-state index in [2.05, 4.69) is 34.3 Å². The predicted octanol–water partition coefficient (Wildman–Crippen LogP) is 3.80. The van der Waals surface area contributed by atoms with Gasteiger partial charge in [-0.05, 0) is 47.7 Å². The fourth-order valence-corrected chi connectivity index (χ4v) is 3.47. The van der Waals surface area contributed by atoms with Crippen molar-refractivity contribution in [2.45, 2.75) is 25.5 Å². The normalized spacial score (nSPS) is 15.8. The number of carbonyl (C=O) groups is 1. The Bertz CT molecular complexity index is 919. The molecule has 1 aromatic heterocycles. The molecule has 25 heavy (non-hydrogen) atoms. The maximum absolute atomic E-state index is 12.3. The average Bonchev–Trinajstić information content (AvgIpc) is 3.22. The number of aryl methyl sites for hydroxylation is 1. The molecular formula is C20H19ClN2O2. The lowest BCUT2D eigenvalue weighted by atomic mass is 10.1. The fraction of sp³-hybridized carbons (Fsp3) is 0.250. The quantitative estimate of drug-likeness (QED) is 0.708. The second-order valence-electron chi connectivity index (χ2n) is 6.28. The first-order chi connectivity index (χ1) is 12.2. The molecule has 1 N–H and O–H groups in total. The zero-order valence-electron chi connectivity index (χ0n) is 13.7. The average molecular weight is 355 g/mol. The van der Waals surface area contributed by atoms with Gasteiger partial charge in [-0.15, -0.1) is 0 Å². The molecule has 0 radical (unpaired) electrons. The highest BCUT2D eigenvalue weighted by Gasteiger charge is 2.28. The van der Waals surface area contributed by atoms with E-state index in [0.29, 0.717) is 18.0 Å². The summed E-state index contributed by atoms with van der Waals surface area (Å²) in [5.74, 6) is 0.688. The zero-order chi connectivity index (χ0) is 17.2. The molecule has 2 aromatic carbocycles. The van der Waals surface area contributed by atoms with E-state index >= 15 is 0 Å². The van der Waals surface area contributed by atoms with Crippen molar-refractivity contribution >= 4 is 28.4 Å². The number of para-hydroxylation sites is 1. The lowest BCUT2D eigenvalue weighted by Gasteiger charge is -2.12. The van der Waals surface area contributed by atoms with Crippen molar-refractivity contribution in [2.24, 2.45) is 0 Å². The summed E-state index contributed by atoms with van der Waals surface area (Å²) in [5, 5.41) is 4.88. The highest BCUT2D eigenvalue weighted by molar-refractivity contribution is 6.30. The van der Waals surface area contributed by atoms with Gasteiger partial charge in [-0.25, -0.2) is 0 Å². The van der Waals surface area contributed by atoms with Crippen LogP contribution in [0.25, 0.3) is 10.9 Å². The van der Waals surface area contributed by atoms with Crippen LogP contribution in [0.3, 0.4) is 0 Å². The minimum absolute atomic E-state index is 0.0651. The predicted molar refractivity (Wildman–Crippen MR) is 99.1 cm³/mol. The highest BCUT2D eigenvalue weighted by Crippen LogP contribution is 2.31. The summed E-state index contributed by atoms with van der Waals surface area (Å²) < 4.78 is 7.92. The summed E-state index contributed by atoms with van der Waals surface area (Å²) in [6, 6.07) is 15.9. The minimum atomic E-state index is -0.458. The summed E-state index contributed by atoms with van der Waals surface area (Å²) in [4.78, 5) is 12.3. The van der Waals surface area contributed by atoms with Gasteiger partial charge in [0, 0.05) is 36.2 Å². The number of amides is 1. The van der Waals surface area contributed by atoms with Gasteiger partial charge in [-0.1, -0.05) is 29.8 Å². The van der Waals surface area contributed by atoms with Crippen LogP contribution in [-0.2, 0) is 17.8 Å². The Morgan fingerprint density at radius 3 is 3.04 bits per heavy atom. The molecule has 1 atom stereocenters. The van der Waals surface area contributed by atoms with Crippen molar-refractivity contribution in [2.75, 3.05) is 6.54 Å². The maximum Gasteiger partial charge on any atom is 0.261 e. The summed E-state index contributed by atoms with van der Waals surface area (Å²) in [7, 11) is 0. The van der Waals surface area contributed by atoms with Gasteiger partial charge in [-0.3, -0.25) is 4.79 Å². The van der Waals surface area contributed by atoms with Crippen LogP contribution in [0, 0.1) is 0 Å². The number of ether oxygens (including phenoxy) is 1. The van der Waals surface area contributed by atoms with Crippen molar-refractivity contribution < 1.29 is 9.53 Å². The Balaban J connectivity index is 1.27. The molecule has 1 unspecified atom stereocenters. The van der Waals surface area contributed by atoms with Gasteiger partial charge in [0.2, 0.25) is 0 Å². The number of hydrogen-bond donors (Lipinski definition) is 1. The number of hydrogen-bond acceptors (Lipinski definition) is 2. The van der Waals surface area contributed by atoms with Gasteiger partial charge < -0.3 is 14.6 Å². The Morgan fingerprint density at radius 1 is 1.24 bits per heavy atom. The van der Waals surface area contributed by atoms with Crippen LogP contribution in [0.15, 0.2) is 54.7 Å². The standard InChI is InChI=1S/C20H19ClN2O2/c21-16-6-7-18-15(12-16)13-19(25-18)20(24)22-9-3-10-23-11-8-14-4-1-2-5-17(14)23/h1-2,4-8,11-12,19H,3,9-10,13H2,(H,22,24). The Morgan fingerprint density at radius 2 is 2.12 bits per heavy atom. The van der Waals surface area contributed by atoms with Crippen molar-refractivity contribution in [3.63, 3.8) is 0 Å². The number of carbonyl (C=O) groups excluding carboxylic acids is 1. The van der Waals surface area contributed by atoms with Gasteiger partial charge in [-0.2, -0.15) is 0 Å². The van der Waals surface area contributed by atoms with E-state index in [1.807, 2.05) is 24.3 Å². The van der Waals surface area contributed by atoms with Gasteiger partial charge in [0.1, 0.15) is 5.75 Å². The van der Waals surface area contributed by atoms with E-state index in [4.69, 9.17) is 16.3 Å². The van der Waals surface area contributed by atoms with Crippen LogP contribution in [0.4, 0.5) is 0 Å². The summed E-state index contributed by atoms with van der Waals surface area (Å²) in [5.41, 5.74) is 2.21. The molecule has 0 aliphatic carbocycles. The number of nitrogens with zero attached hydrogens (tertiary/aromatic N) is 1. The summed E-state index contributed by atoms with van der Waals surface area (Å²) in [6.07, 6.45) is 3.08. The lowest BCUT2D eigenvalue weighted by Crippen LogP contribution is -2.38. The Kier molecular flexibility index (Phi) is 4.36. The molecule has 0 bridgehead atoms. The highest BCUT2D eigenvalue weighted by atomic mass is 35.5. The molecule has 3 aromatic rings. The molecule has 128 valence electrons. The number of fused-ring (bicyclic) bond motifs is 2. The van der Waals surface area contributed by atoms with Crippen molar-refractivity contribution in [1.29, 1.82) is 0 Å². The third kappa shape index (κ3) is 3.35. The topological polar surface area (TPSA) is 43.3 Å². The van der Waals surface area contributed by atoms with Crippen LogP contribution in [0.2, 0.25) is 5.02 Å². The third-order valence-corrected chi connectivity index (χ3v) is 4.78. The SMILES string of the molecule is O=C(NCCCn1ccc2ccccc21)C1Cc2cc(Cl)ccc2O1. The molecule has 0 fully saturated rings. The van der Waals surface area contributed by atoms with E-state index in [-0.39, 0.29) is 5.91 Å².